The van der Waals surface area contributed by atoms with Crippen molar-refractivity contribution in [1.82, 2.24) is 4.31 Å². The number of sulfonamides is 1. The predicted octanol–water partition coefficient (Wildman–Crippen LogP) is 1.84. The van der Waals surface area contributed by atoms with Gasteiger partial charge in [-0.1, -0.05) is 26.0 Å². The van der Waals surface area contributed by atoms with Gasteiger partial charge in [0.25, 0.3) is 0 Å². The fourth-order valence-electron chi connectivity index (χ4n) is 1.57. The van der Waals surface area contributed by atoms with E-state index in [1.54, 1.807) is 19.2 Å². The highest BCUT2D eigenvalue weighted by atomic mass is 32.2. The van der Waals surface area contributed by atoms with E-state index in [4.69, 9.17) is 5.11 Å². The van der Waals surface area contributed by atoms with Gasteiger partial charge in [0.2, 0.25) is 10.0 Å². The summed E-state index contributed by atoms with van der Waals surface area (Å²) in [6.45, 7) is 5.79. The molecular weight excluding hydrogens is 250 g/mol. The summed E-state index contributed by atoms with van der Waals surface area (Å²) >= 11 is 0. The Bertz CT molecular complexity index is 479. The summed E-state index contributed by atoms with van der Waals surface area (Å²) < 4.78 is 26.1. The fourth-order valence-corrected chi connectivity index (χ4v) is 3.07. The lowest BCUT2D eigenvalue weighted by Crippen LogP contribution is -2.38. The van der Waals surface area contributed by atoms with Gasteiger partial charge in [-0.2, -0.15) is 4.31 Å². The van der Waals surface area contributed by atoms with E-state index in [1.807, 2.05) is 20.8 Å². The van der Waals surface area contributed by atoms with Crippen LogP contribution in [0.1, 0.15) is 26.3 Å². The van der Waals surface area contributed by atoms with Gasteiger partial charge in [0, 0.05) is 13.1 Å². The molecule has 1 N–H and O–H groups in total. The van der Waals surface area contributed by atoms with Crippen molar-refractivity contribution in [1.29, 1.82) is 0 Å². The Morgan fingerprint density at radius 2 is 1.67 bits per heavy atom. The Balaban J connectivity index is 3.05. The first-order valence-corrected chi connectivity index (χ1v) is 7.42. The molecule has 0 aliphatic heterocycles. The van der Waals surface area contributed by atoms with Gasteiger partial charge < -0.3 is 5.11 Å². The zero-order chi connectivity index (χ0) is 13.9. The second-order valence-corrected chi connectivity index (χ2v) is 6.81. The number of hydrogen-bond acceptors (Lipinski definition) is 3. The van der Waals surface area contributed by atoms with Gasteiger partial charge in [-0.25, -0.2) is 8.42 Å². The molecule has 0 aliphatic rings. The monoisotopic (exact) mass is 271 g/mol. The van der Waals surface area contributed by atoms with E-state index in [1.165, 1.54) is 16.4 Å². The normalized spacial score (nSPS) is 14.2. The molecule has 18 heavy (non-hydrogen) atoms. The molecule has 0 fully saturated rings. The van der Waals surface area contributed by atoms with Gasteiger partial charge in [0.05, 0.1) is 11.5 Å². The Hall–Kier alpha value is -0.910. The summed E-state index contributed by atoms with van der Waals surface area (Å²) in [6, 6.07) is 6.25. The van der Waals surface area contributed by atoms with Crippen LogP contribution in [0.3, 0.4) is 0 Å². The number of aliphatic hydroxyl groups excluding tert-OH is 1. The lowest BCUT2D eigenvalue weighted by molar-refractivity contribution is 0.281. The highest BCUT2D eigenvalue weighted by Gasteiger charge is 2.26. The second kappa shape index (κ2) is 5.82. The molecule has 1 unspecified atom stereocenters. The van der Waals surface area contributed by atoms with Crippen LogP contribution in [0.4, 0.5) is 0 Å². The van der Waals surface area contributed by atoms with Crippen LogP contribution in [0.15, 0.2) is 29.2 Å². The van der Waals surface area contributed by atoms with Crippen LogP contribution in [0.5, 0.6) is 0 Å². The highest BCUT2D eigenvalue weighted by Crippen LogP contribution is 2.20. The van der Waals surface area contributed by atoms with Gasteiger partial charge in [-0.05, 0) is 30.5 Å². The van der Waals surface area contributed by atoms with E-state index in [0.717, 1.165) is 0 Å². The zero-order valence-electron chi connectivity index (χ0n) is 11.3. The van der Waals surface area contributed by atoms with E-state index < -0.39 is 10.0 Å². The van der Waals surface area contributed by atoms with E-state index in [9.17, 15) is 8.42 Å². The van der Waals surface area contributed by atoms with Crippen LogP contribution in [0.25, 0.3) is 0 Å². The minimum atomic E-state index is -3.46. The molecule has 0 bridgehead atoms. The molecular formula is C13H21NO3S. The number of nitrogens with zero attached hydrogens (tertiary/aromatic N) is 1. The first kappa shape index (κ1) is 15.1. The number of rotatable bonds is 5. The molecule has 5 heteroatoms. The molecule has 1 atom stereocenters. The van der Waals surface area contributed by atoms with Crippen LogP contribution < -0.4 is 0 Å². The summed E-state index contributed by atoms with van der Waals surface area (Å²) in [4.78, 5) is 0.259. The zero-order valence-corrected chi connectivity index (χ0v) is 12.1. The quantitative estimate of drug-likeness (QED) is 0.889. The molecule has 4 nitrogen and oxygen atoms in total. The van der Waals surface area contributed by atoms with E-state index in [-0.39, 0.29) is 23.5 Å². The maximum Gasteiger partial charge on any atom is 0.243 e. The van der Waals surface area contributed by atoms with Crippen LogP contribution in [0, 0.1) is 5.92 Å². The first-order valence-electron chi connectivity index (χ1n) is 5.98. The Labute approximate surface area is 109 Å². The van der Waals surface area contributed by atoms with Gasteiger partial charge in [-0.15, -0.1) is 0 Å². The van der Waals surface area contributed by atoms with E-state index >= 15 is 0 Å². The molecule has 0 heterocycles. The Morgan fingerprint density at radius 3 is 2.06 bits per heavy atom. The van der Waals surface area contributed by atoms with Gasteiger partial charge in [0.15, 0.2) is 0 Å². The average molecular weight is 271 g/mol. The average Bonchev–Trinajstić information content (AvgIpc) is 2.36. The van der Waals surface area contributed by atoms with Gasteiger partial charge in [-0.3, -0.25) is 0 Å². The third-order valence-electron chi connectivity index (χ3n) is 3.32. The molecule has 0 radical (unpaired) electrons. The standard InChI is InChI=1S/C13H21NO3S/c1-10(2)11(3)14(4)18(16,17)13-7-5-12(9-15)6-8-13/h5-8,10-11,15H,9H2,1-4H3. The maximum absolute atomic E-state index is 12.3. The molecule has 0 saturated carbocycles. The third kappa shape index (κ3) is 3.10. The summed E-state index contributed by atoms with van der Waals surface area (Å²) in [6.07, 6.45) is 0. The SMILES string of the molecule is CC(C)C(C)N(C)S(=O)(=O)c1ccc(CO)cc1. The Kier molecular flexibility index (Phi) is 4.90. The Morgan fingerprint density at radius 1 is 1.17 bits per heavy atom. The second-order valence-electron chi connectivity index (χ2n) is 4.81. The molecule has 0 spiro atoms. The number of hydrogen-bond donors (Lipinski definition) is 1. The molecule has 102 valence electrons. The molecule has 1 aromatic rings. The molecule has 0 saturated heterocycles. The van der Waals surface area contributed by atoms with Gasteiger partial charge in [0.1, 0.15) is 0 Å². The number of benzene rings is 1. The van der Waals surface area contributed by atoms with Crippen LogP contribution in [0.2, 0.25) is 0 Å². The van der Waals surface area contributed by atoms with Crippen molar-refractivity contribution in [3.05, 3.63) is 29.8 Å². The van der Waals surface area contributed by atoms with Crippen molar-refractivity contribution >= 4 is 10.0 Å². The van der Waals surface area contributed by atoms with E-state index in [2.05, 4.69) is 0 Å². The molecule has 1 rings (SSSR count). The summed E-state index contributed by atoms with van der Waals surface area (Å²) in [5.74, 6) is 0.251. The van der Waals surface area contributed by atoms with Crippen molar-refractivity contribution in [2.45, 2.75) is 38.3 Å². The van der Waals surface area contributed by atoms with E-state index in [0.29, 0.717) is 5.56 Å². The van der Waals surface area contributed by atoms with Gasteiger partial charge >= 0.3 is 0 Å². The topological polar surface area (TPSA) is 57.6 Å². The van der Waals surface area contributed by atoms with Crippen molar-refractivity contribution in [3.63, 3.8) is 0 Å². The smallest absolute Gasteiger partial charge is 0.243 e. The summed E-state index contributed by atoms with van der Waals surface area (Å²) in [5.41, 5.74) is 0.702. The van der Waals surface area contributed by atoms with Crippen molar-refractivity contribution in [2.24, 2.45) is 5.92 Å². The molecule has 1 aromatic carbocycles. The molecule has 0 amide bonds. The largest absolute Gasteiger partial charge is 0.392 e. The maximum atomic E-state index is 12.3. The fraction of sp³-hybridized carbons (Fsp3) is 0.538. The molecule has 0 aromatic heterocycles. The van der Waals surface area contributed by atoms with Crippen LogP contribution in [-0.4, -0.2) is 30.9 Å². The first-order chi connectivity index (χ1) is 8.30. The minimum absolute atomic E-state index is 0.0625. The minimum Gasteiger partial charge on any atom is -0.392 e. The van der Waals surface area contributed by atoms with Crippen LogP contribution in [-0.2, 0) is 16.6 Å². The number of aliphatic hydroxyl groups is 1. The lowest BCUT2D eigenvalue weighted by Gasteiger charge is -2.27. The predicted molar refractivity (Wildman–Crippen MR) is 71.6 cm³/mol. The summed E-state index contributed by atoms with van der Waals surface area (Å²) in [5, 5.41) is 8.94. The highest BCUT2D eigenvalue weighted by molar-refractivity contribution is 7.89. The summed E-state index contributed by atoms with van der Waals surface area (Å²) in [7, 11) is -1.86. The van der Waals surface area contributed by atoms with Crippen molar-refractivity contribution in [2.75, 3.05) is 7.05 Å². The lowest BCUT2D eigenvalue weighted by atomic mass is 10.1. The van der Waals surface area contributed by atoms with Crippen LogP contribution >= 0.6 is 0 Å². The third-order valence-corrected chi connectivity index (χ3v) is 5.28. The van der Waals surface area contributed by atoms with Crippen molar-refractivity contribution < 1.29 is 13.5 Å². The van der Waals surface area contributed by atoms with Crippen molar-refractivity contribution in [3.8, 4) is 0 Å². The molecule has 0 aliphatic carbocycles.